The van der Waals surface area contributed by atoms with E-state index in [1.165, 1.54) is 12.1 Å². The maximum Gasteiger partial charge on any atom is 0.319 e. The normalized spacial score (nSPS) is 19.9. The number of rotatable bonds is 4. The van der Waals surface area contributed by atoms with Gasteiger partial charge in [-0.2, -0.15) is 0 Å². The summed E-state index contributed by atoms with van der Waals surface area (Å²) >= 11 is 3.37. The number of ether oxygens (including phenoxy) is 1. The average Bonchev–Trinajstić information content (AvgIpc) is 2.61. The summed E-state index contributed by atoms with van der Waals surface area (Å²) in [5, 5.41) is 5.84. The van der Waals surface area contributed by atoms with Crippen LogP contribution in [0.25, 0.3) is 0 Å². The Morgan fingerprint density at radius 1 is 1.00 bits per heavy atom. The molecule has 6 heteroatoms. The Bertz CT molecular complexity index is 698. The van der Waals surface area contributed by atoms with Crippen LogP contribution in [0.5, 0.6) is 5.75 Å². The fraction of sp³-hybridized carbons (Fsp3) is 0.316. The number of amides is 2. The van der Waals surface area contributed by atoms with Crippen molar-refractivity contribution in [3.63, 3.8) is 0 Å². The Morgan fingerprint density at radius 2 is 1.64 bits per heavy atom. The highest BCUT2D eigenvalue weighted by Crippen LogP contribution is 2.24. The van der Waals surface area contributed by atoms with Gasteiger partial charge in [-0.3, -0.25) is 0 Å². The van der Waals surface area contributed by atoms with Crippen molar-refractivity contribution in [2.24, 2.45) is 0 Å². The van der Waals surface area contributed by atoms with Crippen molar-refractivity contribution < 1.29 is 13.9 Å². The number of urea groups is 1. The van der Waals surface area contributed by atoms with Crippen LogP contribution < -0.4 is 15.4 Å². The lowest BCUT2D eigenvalue weighted by Gasteiger charge is -2.29. The number of nitrogens with one attached hydrogen (secondary N) is 2. The molecule has 0 heterocycles. The van der Waals surface area contributed by atoms with Crippen molar-refractivity contribution in [1.29, 1.82) is 0 Å². The zero-order chi connectivity index (χ0) is 17.6. The van der Waals surface area contributed by atoms with E-state index in [4.69, 9.17) is 4.74 Å². The molecule has 0 bridgehead atoms. The summed E-state index contributed by atoms with van der Waals surface area (Å²) in [5.41, 5.74) is 0.758. The van der Waals surface area contributed by atoms with Crippen LogP contribution in [-0.2, 0) is 0 Å². The number of hydrogen-bond donors (Lipinski definition) is 2. The lowest BCUT2D eigenvalue weighted by molar-refractivity contribution is 0.141. The van der Waals surface area contributed by atoms with Crippen molar-refractivity contribution in [1.82, 2.24) is 5.32 Å². The number of hydrogen-bond acceptors (Lipinski definition) is 2. The fourth-order valence-corrected chi connectivity index (χ4v) is 3.18. The van der Waals surface area contributed by atoms with Crippen molar-refractivity contribution in [3.05, 3.63) is 58.8 Å². The molecule has 1 saturated carbocycles. The van der Waals surface area contributed by atoms with Crippen molar-refractivity contribution in [2.45, 2.75) is 37.8 Å². The van der Waals surface area contributed by atoms with Gasteiger partial charge >= 0.3 is 6.03 Å². The lowest BCUT2D eigenvalue weighted by Crippen LogP contribution is -2.41. The molecular formula is C19H20BrFN2O2. The minimum absolute atomic E-state index is 0.109. The molecule has 0 unspecified atom stereocenters. The summed E-state index contributed by atoms with van der Waals surface area (Å²) in [7, 11) is 0. The van der Waals surface area contributed by atoms with Gasteiger partial charge in [-0.05, 0) is 74.2 Å². The SMILES string of the molecule is O=C(Nc1ccc(Br)cc1)N[C@H]1CC[C@@H](Oc2ccc(F)cc2)CC1. The van der Waals surface area contributed by atoms with E-state index in [9.17, 15) is 9.18 Å². The summed E-state index contributed by atoms with van der Waals surface area (Å²) in [4.78, 5) is 12.1. The number of anilines is 1. The van der Waals surface area contributed by atoms with Gasteiger partial charge in [0.05, 0.1) is 6.10 Å². The van der Waals surface area contributed by atoms with E-state index in [-0.39, 0.29) is 24.0 Å². The molecule has 0 atom stereocenters. The zero-order valence-corrected chi connectivity index (χ0v) is 15.3. The van der Waals surface area contributed by atoms with Gasteiger partial charge in [0, 0.05) is 16.2 Å². The molecule has 2 aromatic carbocycles. The maximum atomic E-state index is 12.9. The molecule has 1 aliphatic carbocycles. The standard InChI is InChI=1S/C19H20BrFN2O2/c20-13-1-5-15(6-2-13)22-19(24)23-16-7-11-18(12-8-16)25-17-9-3-14(21)4-10-17/h1-6,9-10,16,18H,7-8,11-12H2,(H2,22,23,24)/t16-,18+. The van der Waals surface area contributed by atoms with E-state index in [1.807, 2.05) is 24.3 Å². The molecule has 2 N–H and O–H groups in total. The first kappa shape index (κ1) is 17.7. The first-order chi connectivity index (χ1) is 12.1. The summed E-state index contributed by atoms with van der Waals surface area (Å²) in [6, 6.07) is 13.5. The van der Waals surface area contributed by atoms with Crippen molar-refractivity contribution >= 4 is 27.6 Å². The molecule has 1 fully saturated rings. The zero-order valence-electron chi connectivity index (χ0n) is 13.7. The number of carbonyl (C=O) groups is 1. The van der Waals surface area contributed by atoms with Gasteiger partial charge in [-0.25, -0.2) is 9.18 Å². The second kappa shape index (κ2) is 8.34. The van der Waals surface area contributed by atoms with Crippen LogP contribution >= 0.6 is 15.9 Å². The number of carbonyl (C=O) groups excluding carboxylic acids is 1. The van der Waals surface area contributed by atoms with E-state index in [0.717, 1.165) is 35.8 Å². The third-order valence-electron chi connectivity index (χ3n) is 4.23. The van der Waals surface area contributed by atoms with Gasteiger partial charge < -0.3 is 15.4 Å². The molecule has 1 aliphatic rings. The first-order valence-corrected chi connectivity index (χ1v) is 9.13. The topological polar surface area (TPSA) is 50.4 Å². The molecule has 25 heavy (non-hydrogen) atoms. The van der Waals surface area contributed by atoms with Crippen LogP contribution in [0, 0.1) is 5.82 Å². The first-order valence-electron chi connectivity index (χ1n) is 8.34. The van der Waals surface area contributed by atoms with E-state index in [1.54, 1.807) is 12.1 Å². The molecular weight excluding hydrogens is 387 g/mol. The number of benzene rings is 2. The highest BCUT2D eigenvalue weighted by atomic mass is 79.9. The second-order valence-corrected chi connectivity index (χ2v) is 7.07. The van der Waals surface area contributed by atoms with E-state index >= 15 is 0 Å². The molecule has 0 spiro atoms. The van der Waals surface area contributed by atoms with Crippen LogP contribution in [0.15, 0.2) is 53.0 Å². The predicted molar refractivity (Wildman–Crippen MR) is 99.4 cm³/mol. The summed E-state index contributed by atoms with van der Waals surface area (Å²) < 4.78 is 19.8. The average molecular weight is 407 g/mol. The molecule has 4 nitrogen and oxygen atoms in total. The summed E-state index contributed by atoms with van der Waals surface area (Å²) in [6.07, 6.45) is 3.55. The Hall–Kier alpha value is -2.08. The molecule has 132 valence electrons. The number of halogens is 2. The van der Waals surface area contributed by atoms with E-state index < -0.39 is 0 Å². The predicted octanol–water partition coefficient (Wildman–Crippen LogP) is 5.10. The highest BCUT2D eigenvalue weighted by molar-refractivity contribution is 9.10. The van der Waals surface area contributed by atoms with Crippen LogP contribution in [-0.4, -0.2) is 18.2 Å². The van der Waals surface area contributed by atoms with Crippen LogP contribution in [0.1, 0.15) is 25.7 Å². The fourth-order valence-electron chi connectivity index (χ4n) is 2.92. The molecule has 0 aliphatic heterocycles. The van der Waals surface area contributed by atoms with Gasteiger partial charge in [-0.1, -0.05) is 15.9 Å². The Morgan fingerprint density at radius 3 is 2.28 bits per heavy atom. The molecule has 0 saturated heterocycles. The third-order valence-corrected chi connectivity index (χ3v) is 4.76. The van der Waals surface area contributed by atoms with Crippen molar-refractivity contribution in [3.8, 4) is 5.75 Å². The summed E-state index contributed by atoms with van der Waals surface area (Å²) in [5.74, 6) is 0.419. The summed E-state index contributed by atoms with van der Waals surface area (Å²) in [6.45, 7) is 0. The minimum atomic E-state index is -0.267. The van der Waals surface area contributed by atoms with Crippen LogP contribution in [0.2, 0.25) is 0 Å². The molecule has 2 aromatic rings. The highest BCUT2D eigenvalue weighted by Gasteiger charge is 2.23. The second-order valence-electron chi connectivity index (χ2n) is 6.15. The van der Waals surface area contributed by atoms with Crippen LogP contribution in [0.3, 0.4) is 0 Å². The van der Waals surface area contributed by atoms with Gasteiger partial charge in [0.25, 0.3) is 0 Å². The Labute approximate surface area is 154 Å². The third kappa shape index (κ3) is 5.46. The maximum absolute atomic E-state index is 12.9. The molecule has 2 amide bonds. The minimum Gasteiger partial charge on any atom is -0.490 e. The smallest absolute Gasteiger partial charge is 0.319 e. The van der Waals surface area contributed by atoms with Gasteiger partial charge in [0.15, 0.2) is 0 Å². The largest absolute Gasteiger partial charge is 0.490 e. The monoisotopic (exact) mass is 406 g/mol. The Kier molecular flexibility index (Phi) is 5.91. The molecule has 0 radical (unpaired) electrons. The van der Waals surface area contributed by atoms with Crippen LogP contribution in [0.4, 0.5) is 14.9 Å². The van der Waals surface area contributed by atoms with Gasteiger partial charge in [0.2, 0.25) is 0 Å². The van der Waals surface area contributed by atoms with Gasteiger partial charge in [0.1, 0.15) is 11.6 Å². The molecule has 0 aromatic heterocycles. The quantitative estimate of drug-likeness (QED) is 0.741. The van der Waals surface area contributed by atoms with E-state index in [2.05, 4.69) is 26.6 Å². The van der Waals surface area contributed by atoms with Crippen molar-refractivity contribution in [2.75, 3.05) is 5.32 Å². The Balaban J connectivity index is 1.42. The molecule has 3 rings (SSSR count). The van der Waals surface area contributed by atoms with E-state index in [0.29, 0.717) is 5.75 Å². The van der Waals surface area contributed by atoms with Gasteiger partial charge in [-0.15, -0.1) is 0 Å². The lowest BCUT2D eigenvalue weighted by atomic mass is 9.93.